The Morgan fingerprint density at radius 2 is 1.86 bits per heavy atom. The fraction of sp³-hybridized carbons (Fsp3) is 0.562. The normalized spacial score (nSPS) is 10.5. The van der Waals surface area contributed by atoms with Gasteiger partial charge < -0.3 is 10.2 Å². The van der Waals surface area contributed by atoms with Gasteiger partial charge in [-0.2, -0.15) is 0 Å². The Balaban J connectivity index is 2.92. The molecule has 0 aromatic carbocycles. The molecule has 0 bridgehead atoms. The Bertz CT molecular complexity index is 480. The van der Waals surface area contributed by atoms with Crippen LogP contribution < -0.4 is 5.32 Å². The number of aromatic nitrogens is 1. The summed E-state index contributed by atoms with van der Waals surface area (Å²) in [6.07, 6.45) is 3.34. The van der Waals surface area contributed by atoms with Gasteiger partial charge in [-0.05, 0) is 38.8 Å². The van der Waals surface area contributed by atoms with E-state index in [-0.39, 0.29) is 23.6 Å². The van der Waals surface area contributed by atoms with Gasteiger partial charge in [-0.25, -0.2) is 0 Å². The van der Waals surface area contributed by atoms with Crippen molar-refractivity contribution in [1.29, 1.82) is 0 Å². The van der Waals surface area contributed by atoms with Crippen molar-refractivity contribution in [2.24, 2.45) is 0 Å². The first-order valence-corrected chi connectivity index (χ1v) is 7.55. The van der Waals surface area contributed by atoms with Gasteiger partial charge in [-0.1, -0.05) is 13.8 Å². The van der Waals surface area contributed by atoms with Crippen LogP contribution in [0.15, 0.2) is 18.3 Å². The predicted molar refractivity (Wildman–Crippen MR) is 83.3 cm³/mol. The van der Waals surface area contributed by atoms with Crippen LogP contribution in [0.25, 0.3) is 0 Å². The zero-order valence-electron chi connectivity index (χ0n) is 13.3. The summed E-state index contributed by atoms with van der Waals surface area (Å²) in [7, 11) is 0. The highest BCUT2D eigenvalue weighted by Crippen LogP contribution is 2.08. The number of hydrogen-bond acceptors (Lipinski definition) is 3. The van der Waals surface area contributed by atoms with E-state index in [0.29, 0.717) is 5.56 Å². The first-order chi connectivity index (χ1) is 9.99. The summed E-state index contributed by atoms with van der Waals surface area (Å²) in [6.45, 7) is 9.31. The summed E-state index contributed by atoms with van der Waals surface area (Å²) in [5.41, 5.74) is 0.795. The molecule has 0 spiro atoms. The van der Waals surface area contributed by atoms with Crippen molar-refractivity contribution < 1.29 is 9.59 Å². The van der Waals surface area contributed by atoms with Gasteiger partial charge >= 0.3 is 0 Å². The lowest BCUT2D eigenvalue weighted by molar-refractivity contribution is 0.0755. The van der Waals surface area contributed by atoms with Crippen molar-refractivity contribution in [3.8, 4) is 0 Å². The number of rotatable bonds is 7. The van der Waals surface area contributed by atoms with E-state index in [1.165, 1.54) is 6.20 Å². The summed E-state index contributed by atoms with van der Waals surface area (Å²) in [4.78, 5) is 30.3. The maximum atomic E-state index is 12.5. The van der Waals surface area contributed by atoms with Gasteiger partial charge in [0.15, 0.2) is 0 Å². The van der Waals surface area contributed by atoms with E-state index in [9.17, 15) is 9.59 Å². The Morgan fingerprint density at radius 3 is 2.38 bits per heavy atom. The maximum Gasteiger partial charge on any atom is 0.270 e. The number of nitrogens with one attached hydrogen (secondary N) is 1. The van der Waals surface area contributed by atoms with Gasteiger partial charge in [0.1, 0.15) is 5.69 Å². The van der Waals surface area contributed by atoms with Crippen molar-refractivity contribution in [3.05, 3.63) is 29.6 Å². The maximum absolute atomic E-state index is 12.5. The number of carbonyl (C=O) groups is 2. The molecular formula is C16H25N3O2. The predicted octanol–water partition coefficient (Wildman–Crippen LogP) is 2.48. The molecule has 1 aromatic heterocycles. The molecule has 0 aliphatic heterocycles. The highest BCUT2D eigenvalue weighted by atomic mass is 16.2. The minimum Gasteiger partial charge on any atom is -0.349 e. The third-order valence-electron chi connectivity index (χ3n) is 2.93. The number of amides is 2. The number of hydrogen-bond donors (Lipinski definition) is 1. The molecule has 21 heavy (non-hydrogen) atoms. The Kier molecular flexibility index (Phi) is 6.85. The summed E-state index contributed by atoms with van der Waals surface area (Å²) in [6, 6.07) is 3.26. The smallest absolute Gasteiger partial charge is 0.270 e. The van der Waals surface area contributed by atoms with Crippen LogP contribution in [0.2, 0.25) is 0 Å². The van der Waals surface area contributed by atoms with Crippen LogP contribution in [0.5, 0.6) is 0 Å². The molecular weight excluding hydrogens is 266 g/mol. The standard InChI is InChI=1S/C16H25N3O2/c1-5-9-19(10-6-2)16(21)13-7-8-17-14(11-13)15(20)18-12(3)4/h7-8,11-12H,5-6,9-10H2,1-4H3,(H,18,20). The van der Waals surface area contributed by atoms with Gasteiger partial charge in [0.05, 0.1) is 0 Å². The van der Waals surface area contributed by atoms with Crippen LogP contribution in [-0.2, 0) is 0 Å². The molecule has 0 radical (unpaired) electrons. The van der Waals surface area contributed by atoms with E-state index in [0.717, 1.165) is 25.9 Å². The van der Waals surface area contributed by atoms with Crippen molar-refractivity contribution in [1.82, 2.24) is 15.2 Å². The largest absolute Gasteiger partial charge is 0.349 e. The minimum atomic E-state index is -0.253. The third kappa shape index (κ3) is 5.17. The summed E-state index contributed by atoms with van der Waals surface area (Å²) in [5, 5.41) is 2.78. The first kappa shape index (κ1) is 17.1. The average molecular weight is 291 g/mol. The highest BCUT2D eigenvalue weighted by molar-refractivity contribution is 5.98. The summed E-state index contributed by atoms with van der Waals surface area (Å²) < 4.78 is 0. The second kappa shape index (κ2) is 8.39. The first-order valence-electron chi connectivity index (χ1n) is 7.55. The minimum absolute atomic E-state index is 0.0374. The van der Waals surface area contributed by atoms with E-state index in [1.54, 1.807) is 12.1 Å². The molecule has 1 rings (SSSR count). The summed E-state index contributed by atoms with van der Waals surface area (Å²) >= 11 is 0. The molecule has 1 aromatic rings. The second-order valence-corrected chi connectivity index (χ2v) is 5.35. The molecule has 5 heteroatoms. The van der Waals surface area contributed by atoms with Gasteiger partial charge in [-0.3, -0.25) is 14.6 Å². The number of pyridine rings is 1. The lowest BCUT2D eigenvalue weighted by Gasteiger charge is -2.21. The second-order valence-electron chi connectivity index (χ2n) is 5.35. The van der Waals surface area contributed by atoms with Crippen LogP contribution in [0.4, 0.5) is 0 Å². The molecule has 2 amide bonds. The molecule has 1 N–H and O–H groups in total. The molecule has 0 aliphatic carbocycles. The summed E-state index contributed by atoms with van der Waals surface area (Å²) in [5.74, 6) is -0.295. The quantitative estimate of drug-likeness (QED) is 0.839. The molecule has 0 saturated carbocycles. The van der Waals surface area contributed by atoms with Crippen LogP contribution in [-0.4, -0.2) is 40.8 Å². The van der Waals surface area contributed by atoms with Crippen molar-refractivity contribution in [2.75, 3.05) is 13.1 Å². The zero-order valence-corrected chi connectivity index (χ0v) is 13.3. The molecule has 0 atom stereocenters. The third-order valence-corrected chi connectivity index (χ3v) is 2.93. The molecule has 0 saturated heterocycles. The van der Waals surface area contributed by atoms with E-state index < -0.39 is 0 Å². The van der Waals surface area contributed by atoms with Crippen LogP contribution in [0.1, 0.15) is 61.4 Å². The topological polar surface area (TPSA) is 62.3 Å². The van der Waals surface area contributed by atoms with E-state index >= 15 is 0 Å². The van der Waals surface area contributed by atoms with Crippen molar-refractivity contribution >= 4 is 11.8 Å². The lowest BCUT2D eigenvalue weighted by Crippen LogP contribution is -2.33. The Morgan fingerprint density at radius 1 is 1.24 bits per heavy atom. The molecule has 5 nitrogen and oxygen atoms in total. The van der Waals surface area contributed by atoms with Crippen LogP contribution in [0, 0.1) is 0 Å². The number of carbonyl (C=O) groups excluding carboxylic acids is 2. The Hall–Kier alpha value is -1.91. The molecule has 0 aliphatic rings. The lowest BCUT2D eigenvalue weighted by atomic mass is 10.1. The molecule has 0 fully saturated rings. The fourth-order valence-electron chi connectivity index (χ4n) is 2.06. The molecule has 0 unspecified atom stereocenters. The van der Waals surface area contributed by atoms with E-state index in [1.807, 2.05) is 32.6 Å². The molecule has 1 heterocycles. The monoisotopic (exact) mass is 291 g/mol. The molecule has 116 valence electrons. The van der Waals surface area contributed by atoms with Gasteiger partial charge in [0.25, 0.3) is 11.8 Å². The van der Waals surface area contributed by atoms with Gasteiger partial charge in [-0.15, -0.1) is 0 Å². The van der Waals surface area contributed by atoms with E-state index in [4.69, 9.17) is 0 Å². The zero-order chi connectivity index (χ0) is 15.8. The van der Waals surface area contributed by atoms with Crippen LogP contribution in [0.3, 0.4) is 0 Å². The van der Waals surface area contributed by atoms with E-state index in [2.05, 4.69) is 10.3 Å². The Labute approximate surface area is 126 Å². The van der Waals surface area contributed by atoms with Crippen molar-refractivity contribution in [3.63, 3.8) is 0 Å². The van der Waals surface area contributed by atoms with Gasteiger partial charge in [0.2, 0.25) is 0 Å². The van der Waals surface area contributed by atoms with Crippen molar-refractivity contribution in [2.45, 2.75) is 46.6 Å². The number of nitrogens with zero attached hydrogens (tertiary/aromatic N) is 2. The SMILES string of the molecule is CCCN(CCC)C(=O)c1ccnc(C(=O)NC(C)C)c1. The van der Waals surface area contributed by atoms with Gasteiger partial charge in [0, 0.05) is 30.9 Å². The highest BCUT2D eigenvalue weighted by Gasteiger charge is 2.17. The fourth-order valence-corrected chi connectivity index (χ4v) is 2.06. The van der Waals surface area contributed by atoms with Crippen LogP contribution >= 0.6 is 0 Å². The average Bonchev–Trinajstić information content (AvgIpc) is 2.45.